The summed E-state index contributed by atoms with van der Waals surface area (Å²) < 4.78 is 0. The monoisotopic (exact) mass is 232 g/mol. The molecule has 0 aliphatic rings. The molecule has 0 spiro atoms. The molecule has 0 saturated heterocycles. The molecule has 0 radical (unpaired) electrons. The molecule has 0 unspecified atom stereocenters. The molecular formula is C12H12N2OS. The number of carbonyl (C=O) groups is 1. The molecule has 1 amide bonds. The van der Waals surface area contributed by atoms with Gasteiger partial charge in [0.25, 0.3) is 0 Å². The zero-order valence-electron chi connectivity index (χ0n) is 9.18. The number of amides is 1. The van der Waals surface area contributed by atoms with Crippen molar-refractivity contribution in [3.8, 4) is 10.6 Å². The van der Waals surface area contributed by atoms with E-state index in [4.69, 9.17) is 0 Å². The molecule has 0 aliphatic carbocycles. The van der Waals surface area contributed by atoms with E-state index in [2.05, 4.69) is 4.98 Å². The Morgan fingerprint density at radius 1 is 1.31 bits per heavy atom. The number of carbonyl (C=O) groups excluding carboxylic acids is 1. The molecule has 16 heavy (non-hydrogen) atoms. The molecule has 82 valence electrons. The van der Waals surface area contributed by atoms with E-state index in [1.807, 2.05) is 35.7 Å². The smallest absolute Gasteiger partial charge is 0.224 e. The zero-order chi connectivity index (χ0) is 11.5. The fourth-order valence-corrected chi connectivity index (χ4v) is 2.14. The van der Waals surface area contributed by atoms with Crippen LogP contribution in [0.4, 0.5) is 5.82 Å². The van der Waals surface area contributed by atoms with Crippen molar-refractivity contribution in [1.82, 2.24) is 4.98 Å². The summed E-state index contributed by atoms with van der Waals surface area (Å²) in [5, 5.41) is 2.83. The van der Waals surface area contributed by atoms with E-state index in [1.54, 1.807) is 23.3 Å². The quantitative estimate of drug-likeness (QED) is 0.797. The van der Waals surface area contributed by atoms with Gasteiger partial charge in [-0.25, -0.2) is 4.98 Å². The van der Waals surface area contributed by atoms with Crippen molar-refractivity contribution in [2.75, 3.05) is 11.9 Å². The Morgan fingerprint density at radius 3 is 2.62 bits per heavy atom. The highest BCUT2D eigenvalue weighted by Crippen LogP contribution is 2.26. The summed E-state index contributed by atoms with van der Waals surface area (Å²) >= 11 is 1.54. The van der Waals surface area contributed by atoms with Crippen molar-refractivity contribution in [3.05, 3.63) is 35.7 Å². The Bertz CT molecular complexity index is 493. The first-order chi connectivity index (χ1) is 7.68. The van der Waals surface area contributed by atoms with Crippen LogP contribution >= 0.6 is 11.3 Å². The second kappa shape index (κ2) is 4.45. The van der Waals surface area contributed by atoms with Crippen molar-refractivity contribution in [1.29, 1.82) is 0 Å². The third-order valence-corrected chi connectivity index (χ3v) is 3.21. The molecule has 0 N–H and O–H groups in total. The average Bonchev–Trinajstić information content (AvgIpc) is 2.78. The summed E-state index contributed by atoms with van der Waals surface area (Å²) in [6.45, 7) is 1.53. The number of anilines is 1. The molecular weight excluding hydrogens is 220 g/mol. The lowest BCUT2D eigenvalue weighted by Gasteiger charge is -2.10. The first kappa shape index (κ1) is 10.8. The number of nitrogens with zero attached hydrogens (tertiary/aromatic N) is 2. The van der Waals surface area contributed by atoms with Crippen molar-refractivity contribution in [2.45, 2.75) is 6.92 Å². The Morgan fingerprint density at radius 2 is 2.00 bits per heavy atom. The molecule has 0 atom stereocenters. The van der Waals surface area contributed by atoms with Crippen LogP contribution < -0.4 is 4.90 Å². The summed E-state index contributed by atoms with van der Waals surface area (Å²) in [7, 11) is 1.73. The van der Waals surface area contributed by atoms with Crippen LogP contribution in [0.15, 0.2) is 35.7 Å². The van der Waals surface area contributed by atoms with Gasteiger partial charge in [-0.3, -0.25) is 9.69 Å². The lowest BCUT2D eigenvalue weighted by Crippen LogP contribution is -2.22. The van der Waals surface area contributed by atoms with Crippen LogP contribution in [-0.2, 0) is 4.79 Å². The highest BCUT2D eigenvalue weighted by Gasteiger charge is 2.10. The fourth-order valence-electron chi connectivity index (χ4n) is 1.29. The van der Waals surface area contributed by atoms with Crippen molar-refractivity contribution >= 4 is 23.1 Å². The Kier molecular flexibility index (Phi) is 3.01. The maximum absolute atomic E-state index is 11.2. The van der Waals surface area contributed by atoms with E-state index >= 15 is 0 Å². The maximum atomic E-state index is 11.2. The Hall–Kier alpha value is -1.68. The van der Waals surface area contributed by atoms with Gasteiger partial charge in [0.15, 0.2) is 0 Å². The molecule has 0 aliphatic heterocycles. The van der Waals surface area contributed by atoms with Crippen molar-refractivity contribution < 1.29 is 4.79 Å². The molecule has 1 heterocycles. The molecule has 0 bridgehead atoms. The van der Waals surface area contributed by atoms with E-state index in [1.165, 1.54) is 6.92 Å². The predicted octanol–water partition coefficient (Wildman–Crippen LogP) is 2.79. The third kappa shape index (κ3) is 2.12. The molecule has 2 rings (SSSR count). The first-order valence-electron chi connectivity index (χ1n) is 4.93. The van der Waals surface area contributed by atoms with Crippen LogP contribution in [0.5, 0.6) is 0 Å². The van der Waals surface area contributed by atoms with Gasteiger partial charge in [0.1, 0.15) is 10.8 Å². The minimum Gasteiger partial charge on any atom is -0.299 e. The standard InChI is InChI=1S/C12H12N2OS/c1-9(15)14(2)11-8-16-12(13-11)10-6-4-3-5-7-10/h3-8H,1-2H3. The van der Waals surface area contributed by atoms with Crippen molar-refractivity contribution in [2.24, 2.45) is 0 Å². The number of aromatic nitrogens is 1. The summed E-state index contributed by atoms with van der Waals surface area (Å²) in [4.78, 5) is 17.2. The highest BCUT2D eigenvalue weighted by atomic mass is 32.1. The molecule has 0 saturated carbocycles. The number of hydrogen-bond donors (Lipinski definition) is 0. The zero-order valence-corrected chi connectivity index (χ0v) is 9.99. The normalized spacial score (nSPS) is 10.1. The number of thiazole rings is 1. The molecule has 4 heteroatoms. The van der Waals surface area contributed by atoms with Gasteiger partial charge in [-0.05, 0) is 0 Å². The van der Waals surface area contributed by atoms with Gasteiger partial charge in [-0.15, -0.1) is 11.3 Å². The van der Waals surface area contributed by atoms with Gasteiger partial charge in [-0.1, -0.05) is 30.3 Å². The van der Waals surface area contributed by atoms with Crippen LogP contribution in [0.25, 0.3) is 10.6 Å². The summed E-state index contributed by atoms with van der Waals surface area (Å²) in [6.07, 6.45) is 0. The molecule has 0 fully saturated rings. The van der Waals surface area contributed by atoms with E-state index in [0.29, 0.717) is 5.82 Å². The highest BCUT2D eigenvalue weighted by molar-refractivity contribution is 7.13. The number of benzene rings is 1. The van der Waals surface area contributed by atoms with Gasteiger partial charge in [0.05, 0.1) is 0 Å². The summed E-state index contributed by atoms with van der Waals surface area (Å²) in [6, 6.07) is 9.95. The number of hydrogen-bond acceptors (Lipinski definition) is 3. The van der Waals surface area contributed by atoms with E-state index in [-0.39, 0.29) is 5.91 Å². The van der Waals surface area contributed by atoms with Crippen LogP contribution in [0, 0.1) is 0 Å². The summed E-state index contributed by atoms with van der Waals surface area (Å²) in [5.74, 6) is 0.696. The molecule has 1 aromatic heterocycles. The Labute approximate surface area is 98.4 Å². The minimum absolute atomic E-state index is 0.00934. The fraction of sp³-hybridized carbons (Fsp3) is 0.167. The van der Waals surface area contributed by atoms with Gasteiger partial charge < -0.3 is 0 Å². The second-order valence-electron chi connectivity index (χ2n) is 3.45. The third-order valence-electron chi connectivity index (χ3n) is 2.33. The second-order valence-corrected chi connectivity index (χ2v) is 4.31. The number of rotatable bonds is 2. The first-order valence-corrected chi connectivity index (χ1v) is 5.81. The molecule has 2 aromatic rings. The van der Waals surface area contributed by atoms with Crippen LogP contribution in [0.2, 0.25) is 0 Å². The van der Waals surface area contributed by atoms with Gasteiger partial charge in [-0.2, -0.15) is 0 Å². The van der Waals surface area contributed by atoms with E-state index in [0.717, 1.165) is 10.6 Å². The van der Waals surface area contributed by atoms with Crippen LogP contribution in [0.1, 0.15) is 6.92 Å². The van der Waals surface area contributed by atoms with Crippen LogP contribution in [-0.4, -0.2) is 17.9 Å². The molecule has 3 nitrogen and oxygen atoms in total. The molecule has 1 aromatic carbocycles. The lowest BCUT2D eigenvalue weighted by atomic mass is 10.2. The summed E-state index contributed by atoms with van der Waals surface area (Å²) in [5.41, 5.74) is 1.08. The average molecular weight is 232 g/mol. The minimum atomic E-state index is -0.00934. The Balaban J connectivity index is 2.30. The van der Waals surface area contributed by atoms with Gasteiger partial charge in [0.2, 0.25) is 5.91 Å². The van der Waals surface area contributed by atoms with E-state index < -0.39 is 0 Å². The lowest BCUT2D eigenvalue weighted by molar-refractivity contribution is -0.116. The van der Waals surface area contributed by atoms with E-state index in [9.17, 15) is 4.79 Å². The topological polar surface area (TPSA) is 33.2 Å². The van der Waals surface area contributed by atoms with Gasteiger partial charge >= 0.3 is 0 Å². The largest absolute Gasteiger partial charge is 0.299 e. The van der Waals surface area contributed by atoms with Gasteiger partial charge in [0, 0.05) is 24.9 Å². The predicted molar refractivity (Wildman–Crippen MR) is 66.6 cm³/mol. The van der Waals surface area contributed by atoms with Crippen LogP contribution in [0.3, 0.4) is 0 Å². The van der Waals surface area contributed by atoms with Crippen molar-refractivity contribution in [3.63, 3.8) is 0 Å². The maximum Gasteiger partial charge on any atom is 0.224 e. The SMILES string of the molecule is CC(=O)N(C)c1csc(-c2ccccc2)n1.